The number of hydrogen-bond donors (Lipinski definition) is 0. The third-order valence-electron chi connectivity index (χ3n) is 0.582. The van der Waals surface area contributed by atoms with E-state index in [1.54, 1.807) is 0 Å². The van der Waals surface area contributed by atoms with Gasteiger partial charge in [0.25, 0.3) is 0 Å². The van der Waals surface area contributed by atoms with Crippen molar-refractivity contribution in [3.8, 4) is 59.0 Å². The molecule has 46 valence electrons. The highest BCUT2D eigenvalue weighted by Gasteiger charge is 1.54. The normalized spacial score (nSPS) is 3.67. The van der Waals surface area contributed by atoms with Crippen LogP contribution in [0.2, 0.25) is 0 Å². The van der Waals surface area contributed by atoms with Crippen molar-refractivity contribution < 1.29 is 0 Å². The van der Waals surface area contributed by atoms with Crippen LogP contribution in [0.15, 0.2) is 0 Å². The van der Waals surface area contributed by atoms with Crippen LogP contribution in [0.3, 0.4) is 0 Å². The fourth-order valence-electron chi connectivity index (χ4n) is 0.260. The summed E-state index contributed by atoms with van der Waals surface area (Å²) in [7, 11) is 9.67. The van der Waals surface area contributed by atoms with E-state index in [2.05, 4.69) is 59.0 Å². The zero-order valence-corrected chi connectivity index (χ0v) is 6.15. The van der Waals surface area contributed by atoms with Crippen LogP contribution < -0.4 is 0 Å². The van der Waals surface area contributed by atoms with Gasteiger partial charge in [-0.1, -0.05) is 0 Å². The summed E-state index contributed by atoms with van der Waals surface area (Å²) in [5.74, 6) is 23.3. The largest absolute Gasteiger partial charge is 0.189 e. The van der Waals surface area contributed by atoms with Gasteiger partial charge in [0.05, 0.1) is 0 Å². The van der Waals surface area contributed by atoms with Crippen LogP contribution in [0.4, 0.5) is 0 Å². The zero-order valence-electron chi connectivity index (χ0n) is 6.15. The Bertz CT molecular complexity index is 389. The van der Waals surface area contributed by atoms with Crippen molar-refractivity contribution >= 4 is 15.7 Å². The third-order valence-corrected chi connectivity index (χ3v) is 0.582. The van der Waals surface area contributed by atoms with Crippen LogP contribution in [-0.4, -0.2) is 15.7 Å². The van der Waals surface area contributed by atoms with E-state index in [1.165, 1.54) is 0 Å². The van der Waals surface area contributed by atoms with Crippen LogP contribution in [0, 0.1) is 59.0 Å². The van der Waals surface area contributed by atoms with E-state index in [0.29, 0.717) is 0 Å². The van der Waals surface area contributed by atoms with Crippen LogP contribution in [-0.2, 0) is 0 Å². The van der Waals surface area contributed by atoms with Gasteiger partial charge in [-0.05, 0) is 47.4 Å². The van der Waals surface area contributed by atoms with Gasteiger partial charge in [0.1, 0.15) is 0 Å². The summed E-state index contributed by atoms with van der Waals surface area (Å²) in [4.78, 5) is 0. The molecule has 0 saturated heterocycles. The Morgan fingerprint density at radius 2 is 0.667 bits per heavy atom. The molecule has 0 spiro atoms. The Morgan fingerprint density at radius 1 is 0.417 bits per heavy atom. The molecule has 0 bridgehead atoms. The van der Waals surface area contributed by atoms with Gasteiger partial charge in [0, 0.05) is 0 Å². The van der Waals surface area contributed by atoms with Crippen molar-refractivity contribution in [2.75, 3.05) is 0 Å². The Hall–Kier alpha value is -2.07. The van der Waals surface area contributed by atoms with Gasteiger partial charge in [-0.25, -0.2) is 0 Å². The zero-order chi connectivity index (χ0) is 9.07. The van der Waals surface area contributed by atoms with Crippen LogP contribution in [0.1, 0.15) is 0 Å². The highest BCUT2D eigenvalue weighted by atomic mass is 13.5. The molecule has 0 aliphatic carbocycles. The Kier molecular flexibility index (Phi) is 7.39. The average molecular weight is 142 g/mol. The molecule has 0 aromatic heterocycles. The molecule has 0 aliphatic rings. The number of rotatable bonds is 0. The van der Waals surface area contributed by atoms with Gasteiger partial charge in [0.2, 0.25) is 0 Å². The van der Waals surface area contributed by atoms with Gasteiger partial charge >= 0.3 is 0 Å². The van der Waals surface area contributed by atoms with E-state index in [-0.39, 0.29) is 0 Å². The predicted octanol–water partition coefficient (Wildman–Crippen LogP) is -0.745. The molecule has 12 heavy (non-hydrogen) atoms. The lowest BCUT2D eigenvalue weighted by Crippen LogP contribution is -1.55. The van der Waals surface area contributed by atoms with E-state index < -0.39 is 0 Å². The van der Waals surface area contributed by atoms with Crippen molar-refractivity contribution in [2.45, 2.75) is 0 Å². The average Bonchev–Trinajstić information content (AvgIpc) is 2.10. The van der Waals surface area contributed by atoms with Gasteiger partial charge in [-0.2, -0.15) is 11.6 Å². The van der Waals surface area contributed by atoms with Gasteiger partial charge in [0.15, 0.2) is 15.7 Å². The molecule has 0 aromatic rings. The summed E-state index contributed by atoms with van der Waals surface area (Å²) in [5.41, 5.74) is 0. The molecule has 0 fully saturated rings. The minimum absolute atomic E-state index is 2.11. The third kappa shape index (κ3) is 7.93. The molecule has 0 atom stereocenters. The molecule has 2 heteroatoms. The lowest BCUT2D eigenvalue weighted by Gasteiger charge is -1.55. The first-order chi connectivity index (χ1) is 5.91. The van der Waals surface area contributed by atoms with E-state index in [4.69, 9.17) is 15.7 Å². The smallest absolute Gasteiger partial charge is 0.158 e. The predicted molar refractivity (Wildman–Crippen MR) is 50.4 cm³/mol. The minimum atomic E-state index is 2.11. The van der Waals surface area contributed by atoms with E-state index in [1.807, 2.05) is 0 Å². The first-order valence-electron chi connectivity index (χ1n) is 2.83. The summed E-state index contributed by atoms with van der Waals surface area (Å²) < 4.78 is 0. The van der Waals surface area contributed by atoms with E-state index in [9.17, 15) is 0 Å². The van der Waals surface area contributed by atoms with Crippen molar-refractivity contribution in [1.82, 2.24) is 0 Å². The molecule has 0 rings (SSSR count). The van der Waals surface area contributed by atoms with E-state index in [0.717, 1.165) is 0 Å². The second-order valence-corrected chi connectivity index (χ2v) is 1.29. The molecular formula is C10B2. The second kappa shape index (κ2) is 8.93. The SMILES string of the molecule is [B]C#CC#CC#CC#CC#C[B]. The molecule has 0 heterocycles. The van der Waals surface area contributed by atoms with Crippen LogP contribution >= 0.6 is 0 Å². The minimum Gasteiger partial charge on any atom is -0.158 e. The highest BCUT2D eigenvalue weighted by Crippen LogP contribution is 1.54. The Morgan fingerprint density at radius 3 is 0.917 bits per heavy atom. The standard InChI is InChI=1S/C10B2/c11-9-7-5-3-1-2-4-6-8-10-12. The summed E-state index contributed by atoms with van der Waals surface area (Å²) in [6, 6.07) is 0. The molecule has 0 aliphatic heterocycles. The molecular weight excluding hydrogens is 142 g/mol. The first-order valence-corrected chi connectivity index (χ1v) is 2.83. The van der Waals surface area contributed by atoms with Gasteiger partial charge in [-0.3, -0.25) is 0 Å². The highest BCUT2D eigenvalue weighted by molar-refractivity contribution is 6.22. The fraction of sp³-hybridized carbons (Fsp3) is 0. The maximum atomic E-state index is 4.84. The molecule has 0 nitrogen and oxygen atoms in total. The molecule has 0 N–H and O–H groups in total. The Labute approximate surface area is 75.3 Å². The molecule has 4 radical (unpaired) electrons. The molecule has 0 aromatic carbocycles. The number of hydrogen-bond acceptors (Lipinski definition) is 0. The van der Waals surface area contributed by atoms with Crippen molar-refractivity contribution in [3.63, 3.8) is 0 Å². The van der Waals surface area contributed by atoms with Crippen molar-refractivity contribution in [1.29, 1.82) is 0 Å². The van der Waals surface area contributed by atoms with Crippen LogP contribution in [0.25, 0.3) is 0 Å². The fourth-order valence-corrected chi connectivity index (χ4v) is 0.260. The molecule has 0 amide bonds. The topological polar surface area (TPSA) is 0 Å². The second-order valence-electron chi connectivity index (χ2n) is 1.29. The van der Waals surface area contributed by atoms with Crippen LogP contribution in [0.5, 0.6) is 0 Å². The molecule has 0 saturated carbocycles. The first kappa shape index (κ1) is 9.93. The lowest BCUT2D eigenvalue weighted by atomic mass is 10.2. The molecule has 0 unspecified atom stereocenters. The summed E-state index contributed by atoms with van der Waals surface area (Å²) in [5, 5.41) is 0. The summed E-state index contributed by atoms with van der Waals surface area (Å²) in [6.45, 7) is 0. The van der Waals surface area contributed by atoms with Gasteiger partial charge in [-0.15, -0.1) is 0 Å². The quantitative estimate of drug-likeness (QED) is 0.308. The van der Waals surface area contributed by atoms with Crippen molar-refractivity contribution in [2.24, 2.45) is 0 Å². The van der Waals surface area contributed by atoms with E-state index >= 15 is 0 Å². The maximum Gasteiger partial charge on any atom is 0.189 e. The summed E-state index contributed by atoms with van der Waals surface area (Å²) >= 11 is 0. The van der Waals surface area contributed by atoms with Gasteiger partial charge < -0.3 is 0 Å². The maximum absolute atomic E-state index is 4.84. The lowest BCUT2D eigenvalue weighted by molar-refractivity contribution is 2.37. The summed E-state index contributed by atoms with van der Waals surface area (Å²) in [6.07, 6.45) is 0. The van der Waals surface area contributed by atoms with Crippen molar-refractivity contribution in [3.05, 3.63) is 0 Å². The Balaban J connectivity index is 4.07. The monoisotopic (exact) mass is 142 g/mol.